The maximum atomic E-state index is 10.6. The number of rotatable bonds is 4. The van der Waals surface area contributed by atoms with Gasteiger partial charge < -0.3 is 14.6 Å². The van der Waals surface area contributed by atoms with Gasteiger partial charge in [-0.3, -0.25) is 0 Å². The number of aliphatic hydroxyl groups is 1. The largest absolute Gasteiger partial charge is 0.495 e. The molecular weight excluding hydrogens is 476 g/mol. The van der Waals surface area contributed by atoms with Crippen LogP contribution in [0.4, 0.5) is 0 Å². The lowest BCUT2D eigenvalue weighted by Crippen LogP contribution is -2.03. The van der Waals surface area contributed by atoms with Gasteiger partial charge >= 0.3 is 0 Å². The number of thiophene rings is 1. The molecule has 1 aromatic heterocycles. The molecule has 1 unspecified atom stereocenters. The maximum Gasteiger partial charge on any atom is 0.142 e. The number of hydrogen-bond donors (Lipinski definition) is 1. The summed E-state index contributed by atoms with van der Waals surface area (Å²) in [6.45, 7) is 0. The second-order valence-electron chi connectivity index (χ2n) is 3.89. The van der Waals surface area contributed by atoms with Gasteiger partial charge in [0.25, 0.3) is 0 Å². The predicted molar refractivity (Wildman–Crippen MR) is 91.0 cm³/mol. The summed E-state index contributed by atoms with van der Waals surface area (Å²) >= 11 is 11.8. The van der Waals surface area contributed by atoms with Crippen molar-refractivity contribution in [3.8, 4) is 11.5 Å². The third kappa shape index (κ3) is 3.06. The van der Waals surface area contributed by atoms with E-state index in [0.717, 1.165) is 13.1 Å². The highest BCUT2D eigenvalue weighted by Gasteiger charge is 2.23. The lowest BCUT2D eigenvalue weighted by molar-refractivity contribution is 0.214. The van der Waals surface area contributed by atoms with Gasteiger partial charge in [0.15, 0.2) is 0 Å². The molecule has 0 spiro atoms. The van der Waals surface area contributed by atoms with E-state index in [1.54, 1.807) is 26.4 Å². The number of methoxy groups -OCH3 is 2. The molecule has 3 nitrogen and oxygen atoms in total. The molecule has 2 rings (SSSR count). The molecule has 0 amide bonds. The van der Waals surface area contributed by atoms with Gasteiger partial charge in [0.2, 0.25) is 0 Å². The average Bonchev–Trinajstić information content (AvgIpc) is 2.76. The predicted octanol–water partition coefficient (Wildman–Crippen LogP) is 5.13. The van der Waals surface area contributed by atoms with E-state index in [-0.39, 0.29) is 0 Å². The van der Waals surface area contributed by atoms with E-state index < -0.39 is 6.10 Å². The molecule has 1 aromatic carbocycles. The fraction of sp³-hybridized carbons (Fsp3) is 0.231. The fourth-order valence-electron chi connectivity index (χ4n) is 1.84. The van der Waals surface area contributed by atoms with Crippen molar-refractivity contribution < 1.29 is 14.6 Å². The average molecular weight is 487 g/mol. The van der Waals surface area contributed by atoms with Crippen LogP contribution in [0.5, 0.6) is 11.5 Å². The SMILES string of the molecule is COc1ccc(C(O)c2cc(Br)sc2Br)c(OC)c1Br. The molecule has 108 valence electrons. The van der Waals surface area contributed by atoms with E-state index in [9.17, 15) is 5.11 Å². The number of hydrogen-bond acceptors (Lipinski definition) is 4. The lowest BCUT2D eigenvalue weighted by Gasteiger charge is -2.17. The summed E-state index contributed by atoms with van der Waals surface area (Å²) in [5.41, 5.74) is 1.46. The van der Waals surface area contributed by atoms with Gasteiger partial charge in [-0.1, -0.05) is 0 Å². The lowest BCUT2D eigenvalue weighted by atomic mass is 10.0. The van der Waals surface area contributed by atoms with Gasteiger partial charge in [0.05, 0.1) is 21.8 Å². The maximum absolute atomic E-state index is 10.6. The Balaban J connectivity index is 2.52. The van der Waals surface area contributed by atoms with Crippen LogP contribution >= 0.6 is 59.1 Å². The van der Waals surface area contributed by atoms with Gasteiger partial charge in [0, 0.05) is 11.1 Å². The summed E-state index contributed by atoms with van der Waals surface area (Å²) in [5.74, 6) is 1.22. The molecule has 0 fully saturated rings. The van der Waals surface area contributed by atoms with Crippen LogP contribution in [0.3, 0.4) is 0 Å². The molecule has 0 aliphatic rings. The van der Waals surface area contributed by atoms with Crippen molar-refractivity contribution in [2.45, 2.75) is 6.10 Å². The standard InChI is InChI=1S/C13H11Br3O3S/c1-18-8-4-3-6(12(19-2)10(8)15)11(17)7-5-9(14)20-13(7)16/h3-5,11,17H,1-2H3. The Morgan fingerprint density at radius 2 is 1.80 bits per heavy atom. The number of aliphatic hydroxyl groups excluding tert-OH is 1. The first kappa shape index (κ1) is 16.3. The molecule has 0 bridgehead atoms. The quantitative estimate of drug-likeness (QED) is 0.650. The van der Waals surface area contributed by atoms with Crippen molar-refractivity contribution in [1.82, 2.24) is 0 Å². The second-order valence-corrected chi connectivity index (χ2v) is 8.43. The van der Waals surface area contributed by atoms with Gasteiger partial charge in [-0.25, -0.2) is 0 Å². The van der Waals surface area contributed by atoms with Crippen LogP contribution in [0, 0.1) is 0 Å². The van der Waals surface area contributed by atoms with Crippen molar-refractivity contribution in [3.63, 3.8) is 0 Å². The highest BCUT2D eigenvalue weighted by Crippen LogP contribution is 2.44. The first-order valence-corrected chi connectivity index (χ1v) is 8.72. The van der Waals surface area contributed by atoms with E-state index in [1.807, 2.05) is 6.07 Å². The Morgan fingerprint density at radius 1 is 1.10 bits per heavy atom. The third-order valence-corrected chi connectivity index (χ3v) is 5.93. The normalized spacial score (nSPS) is 12.3. The minimum Gasteiger partial charge on any atom is -0.495 e. The Kier molecular flexibility index (Phi) is 5.53. The molecule has 20 heavy (non-hydrogen) atoms. The van der Waals surface area contributed by atoms with E-state index in [2.05, 4.69) is 47.8 Å². The van der Waals surface area contributed by atoms with E-state index in [1.165, 1.54) is 11.3 Å². The van der Waals surface area contributed by atoms with Gasteiger partial charge in [-0.2, -0.15) is 0 Å². The zero-order chi connectivity index (χ0) is 14.9. The summed E-state index contributed by atoms with van der Waals surface area (Å²) in [4.78, 5) is 0. The summed E-state index contributed by atoms with van der Waals surface area (Å²) in [7, 11) is 3.15. The van der Waals surface area contributed by atoms with Gasteiger partial charge in [-0.15, -0.1) is 11.3 Å². The third-order valence-electron chi connectivity index (χ3n) is 2.79. The van der Waals surface area contributed by atoms with Crippen LogP contribution in [0.1, 0.15) is 17.2 Å². The number of halogens is 3. The van der Waals surface area contributed by atoms with Crippen molar-refractivity contribution in [1.29, 1.82) is 0 Å². The molecule has 1 heterocycles. The monoisotopic (exact) mass is 484 g/mol. The molecule has 1 atom stereocenters. The van der Waals surface area contributed by atoms with Crippen LogP contribution in [-0.4, -0.2) is 19.3 Å². The van der Waals surface area contributed by atoms with Crippen LogP contribution in [-0.2, 0) is 0 Å². The highest BCUT2D eigenvalue weighted by atomic mass is 79.9. The van der Waals surface area contributed by atoms with Crippen molar-refractivity contribution in [2.24, 2.45) is 0 Å². The van der Waals surface area contributed by atoms with Crippen LogP contribution in [0.25, 0.3) is 0 Å². The Morgan fingerprint density at radius 3 is 2.30 bits per heavy atom. The summed E-state index contributed by atoms with van der Waals surface area (Å²) in [6, 6.07) is 5.47. The molecule has 7 heteroatoms. The fourth-order valence-corrected chi connectivity index (χ4v) is 5.41. The molecule has 0 radical (unpaired) electrons. The summed E-state index contributed by atoms with van der Waals surface area (Å²) in [5, 5.41) is 10.6. The van der Waals surface area contributed by atoms with Gasteiger partial charge in [-0.05, 0) is 66.0 Å². The van der Waals surface area contributed by atoms with Crippen LogP contribution in [0.15, 0.2) is 30.2 Å². The van der Waals surface area contributed by atoms with Gasteiger partial charge in [0.1, 0.15) is 22.1 Å². The Bertz CT molecular complexity index is 628. The molecule has 0 saturated carbocycles. The molecule has 0 saturated heterocycles. The highest BCUT2D eigenvalue weighted by molar-refractivity contribution is 9.12. The molecule has 0 aliphatic heterocycles. The number of ether oxygens (including phenoxy) is 2. The van der Waals surface area contributed by atoms with E-state index in [4.69, 9.17) is 9.47 Å². The van der Waals surface area contributed by atoms with Crippen LogP contribution < -0.4 is 9.47 Å². The molecule has 2 aromatic rings. The zero-order valence-electron chi connectivity index (χ0n) is 10.6. The minimum atomic E-state index is -0.788. The smallest absolute Gasteiger partial charge is 0.142 e. The van der Waals surface area contributed by atoms with Crippen LogP contribution in [0.2, 0.25) is 0 Å². The molecule has 0 aliphatic carbocycles. The zero-order valence-corrected chi connectivity index (χ0v) is 16.2. The van der Waals surface area contributed by atoms with E-state index >= 15 is 0 Å². The summed E-state index contributed by atoms with van der Waals surface area (Å²) in [6.07, 6.45) is -0.788. The Labute approximate surface area is 146 Å². The molecular formula is C13H11Br3O3S. The van der Waals surface area contributed by atoms with E-state index in [0.29, 0.717) is 21.5 Å². The van der Waals surface area contributed by atoms with Crippen molar-refractivity contribution in [3.05, 3.63) is 41.4 Å². The molecule has 1 N–H and O–H groups in total. The number of benzene rings is 1. The second kappa shape index (κ2) is 6.79. The first-order chi connectivity index (χ1) is 9.49. The van der Waals surface area contributed by atoms with Crippen molar-refractivity contribution in [2.75, 3.05) is 14.2 Å². The Hall–Kier alpha value is -0.0800. The topological polar surface area (TPSA) is 38.7 Å². The minimum absolute atomic E-state index is 0.561. The first-order valence-electron chi connectivity index (χ1n) is 5.52. The van der Waals surface area contributed by atoms with Crippen molar-refractivity contribution >= 4 is 59.1 Å². The summed E-state index contributed by atoms with van der Waals surface area (Å²) < 4.78 is 13.1.